The summed E-state index contributed by atoms with van der Waals surface area (Å²) in [6.07, 6.45) is 0.743. The highest BCUT2D eigenvalue weighted by Gasteiger charge is 2.40. The van der Waals surface area contributed by atoms with Crippen LogP contribution < -0.4 is 5.73 Å². The molecule has 6 nitrogen and oxygen atoms in total. The molecular formula is C13H21ClN2O4S2. The largest absolute Gasteiger partial charge is 0.465 e. The van der Waals surface area contributed by atoms with E-state index >= 15 is 0 Å². The van der Waals surface area contributed by atoms with Crippen molar-refractivity contribution in [1.29, 1.82) is 0 Å². The first kappa shape index (κ1) is 19.4. The van der Waals surface area contributed by atoms with Crippen LogP contribution in [0.25, 0.3) is 0 Å². The smallest absolute Gasteiger partial charge is 0.349 e. The van der Waals surface area contributed by atoms with Crippen molar-refractivity contribution in [3.05, 3.63) is 15.8 Å². The maximum atomic E-state index is 12.9. The Morgan fingerprint density at radius 3 is 2.68 bits per heavy atom. The molecule has 22 heavy (non-hydrogen) atoms. The molecule has 0 aromatic carbocycles. The Morgan fingerprint density at radius 1 is 1.55 bits per heavy atom. The standard InChI is InChI=1S/C13H20N2O4S2.ClH/c1-8-7-20-11(13(16)19-3)12(8)21(17,18)15-6-10(5-14)4-9(15)2;/h7,9-10H,4-6,14H2,1-3H3;1H. The Balaban J connectivity index is 0.00000242. The summed E-state index contributed by atoms with van der Waals surface area (Å²) in [6, 6.07) is -0.117. The zero-order valence-electron chi connectivity index (χ0n) is 12.7. The molecule has 0 radical (unpaired) electrons. The van der Waals surface area contributed by atoms with Crippen LogP contribution in [0.4, 0.5) is 0 Å². The van der Waals surface area contributed by atoms with Gasteiger partial charge in [-0.05, 0) is 43.7 Å². The number of nitrogens with zero attached hydrogens (tertiary/aromatic N) is 1. The molecule has 2 heterocycles. The summed E-state index contributed by atoms with van der Waals surface area (Å²) < 4.78 is 32.0. The first-order valence-corrected chi connectivity index (χ1v) is 9.03. The topological polar surface area (TPSA) is 89.7 Å². The number of rotatable bonds is 4. The van der Waals surface area contributed by atoms with Gasteiger partial charge in [0.05, 0.1) is 7.11 Å². The van der Waals surface area contributed by atoms with Crippen molar-refractivity contribution in [2.45, 2.75) is 31.2 Å². The molecule has 0 saturated carbocycles. The van der Waals surface area contributed by atoms with Crippen LogP contribution in [0.3, 0.4) is 0 Å². The Labute approximate surface area is 141 Å². The van der Waals surface area contributed by atoms with Crippen molar-refractivity contribution in [2.75, 3.05) is 20.2 Å². The van der Waals surface area contributed by atoms with Crippen molar-refractivity contribution in [2.24, 2.45) is 11.7 Å². The molecule has 1 fully saturated rings. The van der Waals surface area contributed by atoms with Gasteiger partial charge in [0.25, 0.3) is 0 Å². The fourth-order valence-electron chi connectivity index (χ4n) is 2.72. The second-order valence-electron chi connectivity index (χ2n) is 5.33. The van der Waals surface area contributed by atoms with Crippen LogP contribution in [0, 0.1) is 12.8 Å². The van der Waals surface area contributed by atoms with Gasteiger partial charge in [0.2, 0.25) is 10.0 Å². The molecule has 2 rings (SSSR count). The summed E-state index contributed by atoms with van der Waals surface area (Å²) in [7, 11) is -2.47. The number of hydrogen-bond donors (Lipinski definition) is 1. The van der Waals surface area contributed by atoms with Crippen LogP contribution >= 0.6 is 23.7 Å². The minimum atomic E-state index is -3.72. The highest BCUT2D eigenvalue weighted by molar-refractivity contribution is 7.89. The second-order valence-corrected chi connectivity index (χ2v) is 8.04. The summed E-state index contributed by atoms with van der Waals surface area (Å²) in [5, 5.41) is 1.67. The normalized spacial score (nSPS) is 22.4. The number of sulfonamides is 1. The molecule has 0 spiro atoms. The maximum absolute atomic E-state index is 12.9. The molecule has 1 saturated heterocycles. The molecule has 1 aromatic rings. The summed E-state index contributed by atoms with van der Waals surface area (Å²) in [5.74, 6) is -0.454. The molecule has 0 amide bonds. The van der Waals surface area contributed by atoms with E-state index in [9.17, 15) is 13.2 Å². The van der Waals surface area contributed by atoms with Crippen LogP contribution in [-0.4, -0.2) is 44.9 Å². The van der Waals surface area contributed by atoms with Gasteiger partial charge in [-0.3, -0.25) is 0 Å². The number of ether oxygens (including phenoxy) is 1. The van der Waals surface area contributed by atoms with Crippen LogP contribution in [0.5, 0.6) is 0 Å². The van der Waals surface area contributed by atoms with Gasteiger partial charge in [0.1, 0.15) is 9.77 Å². The molecule has 2 atom stereocenters. The maximum Gasteiger partial charge on any atom is 0.349 e. The van der Waals surface area contributed by atoms with E-state index in [1.165, 1.54) is 11.4 Å². The Kier molecular flexibility index (Phi) is 6.40. The molecule has 9 heteroatoms. The lowest BCUT2D eigenvalue weighted by atomic mass is 10.1. The van der Waals surface area contributed by atoms with Gasteiger partial charge in [-0.2, -0.15) is 4.31 Å². The fourth-order valence-corrected chi connectivity index (χ4v) is 6.10. The summed E-state index contributed by atoms with van der Waals surface area (Å²) in [4.78, 5) is 12.0. The first-order valence-electron chi connectivity index (χ1n) is 6.71. The van der Waals surface area contributed by atoms with E-state index in [1.807, 2.05) is 6.92 Å². The van der Waals surface area contributed by atoms with E-state index in [2.05, 4.69) is 4.74 Å². The number of methoxy groups -OCH3 is 1. The number of aryl methyl sites for hydroxylation is 1. The summed E-state index contributed by atoms with van der Waals surface area (Å²) >= 11 is 1.10. The quantitative estimate of drug-likeness (QED) is 0.815. The molecule has 1 aliphatic rings. The average Bonchev–Trinajstić information content (AvgIpc) is 3.01. The van der Waals surface area contributed by atoms with Crippen molar-refractivity contribution >= 4 is 39.7 Å². The van der Waals surface area contributed by atoms with E-state index in [4.69, 9.17) is 5.73 Å². The number of hydrogen-bond acceptors (Lipinski definition) is 6. The number of carbonyl (C=O) groups excluding carboxylic acids is 1. The van der Waals surface area contributed by atoms with Crippen molar-refractivity contribution in [3.8, 4) is 0 Å². The number of carbonyl (C=O) groups is 1. The highest BCUT2D eigenvalue weighted by atomic mass is 35.5. The minimum Gasteiger partial charge on any atom is -0.465 e. The average molecular weight is 369 g/mol. The molecule has 126 valence electrons. The van der Waals surface area contributed by atoms with Gasteiger partial charge >= 0.3 is 5.97 Å². The molecule has 2 N–H and O–H groups in total. The monoisotopic (exact) mass is 368 g/mol. The van der Waals surface area contributed by atoms with Crippen LogP contribution in [0.15, 0.2) is 10.3 Å². The lowest BCUT2D eigenvalue weighted by Gasteiger charge is -2.21. The zero-order valence-corrected chi connectivity index (χ0v) is 15.2. The summed E-state index contributed by atoms with van der Waals surface area (Å²) in [6.45, 7) is 4.42. The Hall–Kier alpha value is -0.670. The van der Waals surface area contributed by atoms with Crippen molar-refractivity contribution in [3.63, 3.8) is 0 Å². The number of thiophene rings is 1. The van der Waals surface area contributed by atoms with Crippen molar-refractivity contribution in [1.82, 2.24) is 4.31 Å². The van der Waals surface area contributed by atoms with Gasteiger partial charge in [0, 0.05) is 12.6 Å². The Morgan fingerprint density at radius 2 is 2.18 bits per heavy atom. The van der Waals surface area contributed by atoms with Crippen LogP contribution in [-0.2, 0) is 14.8 Å². The Bertz CT molecular complexity index is 644. The zero-order chi connectivity index (χ0) is 15.8. The van der Waals surface area contributed by atoms with E-state index < -0.39 is 16.0 Å². The molecule has 1 aliphatic heterocycles. The third-order valence-corrected chi connectivity index (χ3v) is 7.17. The SMILES string of the molecule is COC(=O)c1scc(C)c1S(=O)(=O)N1CC(CN)CC1C.Cl. The number of esters is 1. The predicted octanol–water partition coefficient (Wildman–Crippen LogP) is 1.62. The van der Waals surface area contributed by atoms with Gasteiger partial charge in [-0.25, -0.2) is 13.2 Å². The lowest BCUT2D eigenvalue weighted by molar-refractivity contribution is 0.0602. The van der Waals surface area contributed by atoms with Gasteiger partial charge in [-0.1, -0.05) is 0 Å². The van der Waals surface area contributed by atoms with E-state index in [0.717, 1.165) is 17.8 Å². The van der Waals surface area contributed by atoms with Gasteiger partial charge in [0.15, 0.2) is 0 Å². The minimum absolute atomic E-state index is 0. The fraction of sp³-hybridized carbons (Fsp3) is 0.615. The van der Waals surface area contributed by atoms with Crippen LogP contribution in [0.2, 0.25) is 0 Å². The third-order valence-electron chi connectivity index (χ3n) is 3.79. The molecule has 0 bridgehead atoms. The van der Waals surface area contributed by atoms with E-state index in [-0.39, 0.29) is 34.1 Å². The predicted molar refractivity (Wildman–Crippen MR) is 88.2 cm³/mol. The summed E-state index contributed by atoms with van der Waals surface area (Å²) in [5.41, 5.74) is 6.23. The van der Waals surface area contributed by atoms with E-state index in [0.29, 0.717) is 18.7 Å². The van der Waals surface area contributed by atoms with Gasteiger partial charge in [-0.15, -0.1) is 23.7 Å². The van der Waals surface area contributed by atoms with Crippen LogP contribution in [0.1, 0.15) is 28.6 Å². The third kappa shape index (κ3) is 3.30. The van der Waals surface area contributed by atoms with Gasteiger partial charge < -0.3 is 10.5 Å². The second kappa shape index (κ2) is 7.27. The first-order chi connectivity index (χ1) is 9.82. The highest BCUT2D eigenvalue weighted by Crippen LogP contribution is 2.34. The van der Waals surface area contributed by atoms with Crippen molar-refractivity contribution < 1.29 is 17.9 Å². The number of nitrogens with two attached hydrogens (primary N) is 1. The molecule has 0 aliphatic carbocycles. The number of halogens is 1. The molecule has 2 unspecified atom stereocenters. The molecule has 1 aromatic heterocycles. The lowest BCUT2D eigenvalue weighted by Crippen LogP contribution is -2.35. The van der Waals surface area contributed by atoms with E-state index in [1.54, 1.807) is 12.3 Å². The molecular weight excluding hydrogens is 348 g/mol.